The molecule has 1 aromatic carbocycles. The smallest absolute Gasteiger partial charge is 0.159 e. The van der Waals surface area contributed by atoms with Gasteiger partial charge in [-0.05, 0) is 31.5 Å². The molecule has 0 atom stereocenters. The number of benzene rings is 1. The van der Waals surface area contributed by atoms with Crippen LogP contribution in [-0.4, -0.2) is 12.4 Å². The van der Waals surface area contributed by atoms with E-state index in [0.717, 1.165) is 6.42 Å². The summed E-state index contributed by atoms with van der Waals surface area (Å²) in [5.41, 5.74) is 7.01. The molecule has 0 amide bonds. The summed E-state index contributed by atoms with van der Waals surface area (Å²) in [6, 6.07) is 5.21. The van der Waals surface area contributed by atoms with Gasteiger partial charge >= 0.3 is 0 Å². The molecular weight excluding hydrogens is 226 g/mol. The first kappa shape index (κ1) is 14.6. The summed E-state index contributed by atoms with van der Waals surface area (Å²) >= 11 is 0. The lowest BCUT2D eigenvalue weighted by atomic mass is 10.1. The maximum Gasteiger partial charge on any atom is 0.159 e. The number of hydrogen-bond acceptors (Lipinski definition) is 3. The maximum absolute atomic E-state index is 11.2. The van der Waals surface area contributed by atoms with Crippen molar-refractivity contribution in [3.8, 4) is 5.75 Å². The number of anilines is 1. The number of ether oxygens (including phenoxy) is 1. The third-order valence-electron chi connectivity index (χ3n) is 2.92. The molecule has 100 valence electrons. The number of ketones is 1. The van der Waals surface area contributed by atoms with Gasteiger partial charge in [0, 0.05) is 5.56 Å². The van der Waals surface area contributed by atoms with Crippen LogP contribution in [-0.2, 0) is 0 Å². The van der Waals surface area contributed by atoms with E-state index in [2.05, 4.69) is 6.92 Å². The molecule has 3 heteroatoms. The van der Waals surface area contributed by atoms with Gasteiger partial charge < -0.3 is 10.5 Å². The fourth-order valence-electron chi connectivity index (χ4n) is 1.79. The second-order valence-corrected chi connectivity index (χ2v) is 4.57. The van der Waals surface area contributed by atoms with Gasteiger partial charge in [0.1, 0.15) is 5.75 Å². The molecule has 0 saturated carbocycles. The van der Waals surface area contributed by atoms with Gasteiger partial charge in [-0.3, -0.25) is 4.79 Å². The average molecular weight is 249 g/mol. The van der Waals surface area contributed by atoms with Crippen LogP contribution in [0.4, 0.5) is 5.69 Å². The van der Waals surface area contributed by atoms with Crippen molar-refractivity contribution in [2.24, 2.45) is 0 Å². The number of nitrogen functional groups attached to an aromatic ring is 1. The molecular formula is C15H23NO2. The summed E-state index contributed by atoms with van der Waals surface area (Å²) in [6.45, 7) is 4.42. The molecule has 0 heterocycles. The molecule has 0 aromatic heterocycles. The van der Waals surface area contributed by atoms with Crippen molar-refractivity contribution in [3.63, 3.8) is 0 Å². The van der Waals surface area contributed by atoms with Crippen LogP contribution >= 0.6 is 0 Å². The Morgan fingerprint density at radius 3 is 2.56 bits per heavy atom. The lowest BCUT2D eigenvalue weighted by molar-refractivity contribution is 0.101. The third kappa shape index (κ3) is 4.78. The van der Waals surface area contributed by atoms with Gasteiger partial charge in [0.15, 0.2) is 5.78 Å². The summed E-state index contributed by atoms with van der Waals surface area (Å²) in [5, 5.41) is 0. The fourth-order valence-corrected chi connectivity index (χ4v) is 1.79. The van der Waals surface area contributed by atoms with Gasteiger partial charge in [-0.2, -0.15) is 0 Å². The Morgan fingerprint density at radius 2 is 1.94 bits per heavy atom. The van der Waals surface area contributed by atoms with Gasteiger partial charge in [-0.15, -0.1) is 0 Å². The minimum atomic E-state index is 0.0211. The van der Waals surface area contributed by atoms with Gasteiger partial charge in [-0.1, -0.05) is 32.6 Å². The van der Waals surface area contributed by atoms with E-state index in [9.17, 15) is 4.79 Å². The van der Waals surface area contributed by atoms with E-state index in [0.29, 0.717) is 23.6 Å². The molecule has 0 bridgehead atoms. The molecule has 0 aliphatic rings. The second-order valence-electron chi connectivity index (χ2n) is 4.57. The summed E-state index contributed by atoms with van der Waals surface area (Å²) in [4.78, 5) is 11.2. The average Bonchev–Trinajstić information content (AvgIpc) is 2.35. The van der Waals surface area contributed by atoms with E-state index < -0.39 is 0 Å². The molecule has 3 nitrogen and oxygen atoms in total. The first-order valence-corrected chi connectivity index (χ1v) is 6.68. The van der Waals surface area contributed by atoms with E-state index in [1.807, 2.05) is 0 Å². The summed E-state index contributed by atoms with van der Waals surface area (Å²) in [7, 11) is 0. The third-order valence-corrected chi connectivity index (χ3v) is 2.92. The quantitative estimate of drug-likeness (QED) is 0.433. The van der Waals surface area contributed by atoms with E-state index >= 15 is 0 Å². The number of nitrogens with two attached hydrogens (primary N) is 1. The first-order valence-electron chi connectivity index (χ1n) is 6.68. The van der Waals surface area contributed by atoms with Gasteiger partial charge in [0.05, 0.1) is 12.3 Å². The fraction of sp³-hybridized carbons (Fsp3) is 0.533. The van der Waals surface area contributed by atoms with E-state index in [1.54, 1.807) is 18.2 Å². The molecule has 0 radical (unpaired) electrons. The van der Waals surface area contributed by atoms with Crippen LogP contribution in [0.25, 0.3) is 0 Å². The lowest BCUT2D eigenvalue weighted by Crippen LogP contribution is -2.02. The zero-order valence-electron chi connectivity index (χ0n) is 11.4. The Bertz CT molecular complexity index is 388. The van der Waals surface area contributed by atoms with E-state index in [4.69, 9.17) is 10.5 Å². The monoisotopic (exact) mass is 249 g/mol. The van der Waals surface area contributed by atoms with Crippen molar-refractivity contribution < 1.29 is 9.53 Å². The summed E-state index contributed by atoms with van der Waals surface area (Å²) < 4.78 is 5.62. The molecule has 1 aromatic rings. The number of carbonyl (C=O) groups excluding carboxylic acids is 1. The molecule has 18 heavy (non-hydrogen) atoms. The van der Waals surface area contributed by atoms with Crippen LogP contribution in [0.1, 0.15) is 56.3 Å². The van der Waals surface area contributed by atoms with Crippen molar-refractivity contribution in [2.45, 2.75) is 46.0 Å². The number of rotatable bonds is 8. The van der Waals surface area contributed by atoms with Gasteiger partial charge in [0.2, 0.25) is 0 Å². The maximum atomic E-state index is 11.2. The zero-order valence-corrected chi connectivity index (χ0v) is 11.4. The topological polar surface area (TPSA) is 52.3 Å². The lowest BCUT2D eigenvalue weighted by Gasteiger charge is -2.09. The van der Waals surface area contributed by atoms with Crippen LogP contribution in [0.3, 0.4) is 0 Å². The van der Waals surface area contributed by atoms with E-state index in [-0.39, 0.29) is 5.78 Å². The summed E-state index contributed by atoms with van der Waals surface area (Å²) in [6.07, 6.45) is 6.04. The molecule has 0 fully saturated rings. The van der Waals surface area contributed by atoms with Crippen molar-refractivity contribution >= 4 is 11.5 Å². The Kier molecular flexibility index (Phi) is 6.26. The predicted octanol–water partition coefficient (Wildman–Crippen LogP) is 3.82. The number of carbonyl (C=O) groups is 1. The summed E-state index contributed by atoms with van der Waals surface area (Å²) in [5.74, 6) is 0.698. The van der Waals surface area contributed by atoms with Crippen LogP contribution in [0, 0.1) is 0 Å². The van der Waals surface area contributed by atoms with Crippen LogP contribution in [0.2, 0.25) is 0 Å². The molecule has 1 rings (SSSR count). The SMILES string of the molecule is CCCCCCCOc1ccc(C(C)=O)cc1N. The predicted molar refractivity (Wildman–Crippen MR) is 75.1 cm³/mol. The minimum Gasteiger partial charge on any atom is -0.491 e. The number of Topliss-reactive ketones (excluding diaryl/α,β-unsaturated/α-hetero) is 1. The Morgan fingerprint density at radius 1 is 1.22 bits per heavy atom. The van der Waals surface area contributed by atoms with Crippen molar-refractivity contribution in [1.82, 2.24) is 0 Å². The van der Waals surface area contributed by atoms with Crippen LogP contribution in [0.5, 0.6) is 5.75 Å². The minimum absolute atomic E-state index is 0.0211. The largest absolute Gasteiger partial charge is 0.491 e. The van der Waals surface area contributed by atoms with Gasteiger partial charge in [-0.25, -0.2) is 0 Å². The second kappa shape index (κ2) is 7.75. The molecule has 0 aliphatic carbocycles. The van der Waals surface area contributed by atoms with Gasteiger partial charge in [0.25, 0.3) is 0 Å². The highest BCUT2D eigenvalue weighted by atomic mass is 16.5. The molecule has 0 saturated heterocycles. The van der Waals surface area contributed by atoms with Crippen molar-refractivity contribution in [3.05, 3.63) is 23.8 Å². The molecule has 0 unspecified atom stereocenters. The normalized spacial score (nSPS) is 10.3. The number of unbranched alkanes of at least 4 members (excludes halogenated alkanes) is 4. The molecule has 0 spiro atoms. The standard InChI is InChI=1S/C15H23NO2/c1-3-4-5-6-7-10-18-15-9-8-13(12(2)17)11-14(15)16/h8-9,11H,3-7,10,16H2,1-2H3. The molecule has 0 aliphatic heterocycles. The zero-order chi connectivity index (χ0) is 13.4. The van der Waals surface area contributed by atoms with Crippen molar-refractivity contribution in [1.29, 1.82) is 0 Å². The first-order chi connectivity index (χ1) is 8.65. The molecule has 2 N–H and O–H groups in total. The highest BCUT2D eigenvalue weighted by Gasteiger charge is 2.04. The van der Waals surface area contributed by atoms with Crippen molar-refractivity contribution in [2.75, 3.05) is 12.3 Å². The number of hydrogen-bond donors (Lipinski definition) is 1. The Hall–Kier alpha value is -1.51. The highest BCUT2D eigenvalue weighted by molar-refractivity contribution is 5.95. The van der Waals surface area contributed by atoms with Crippen LogP contribution in [0.15, 0.2) is 18.2 Å². The Balaban J connectivity index is 2.36. The highest BCUT2D eigenvalue weighted by Crippen LogP contribution is 2.23. The Labute approximate surface area is 109 Å². The van der Waals surface area contributed by atoms with Crippen LogP contribution < -0.4 is 10.5 Å². The van der Waals surface area contributed by atoms with E-state index in [1.165, 1.54) is 32.6 Å².